The Morgan fingerprint density at radius 2 is 2.36 bits per heavy atom. The molecule has 0 saturated carbocycles. The fourth-order valence-electron chi connectivity index (χ4n) is 1.68. The summed E-state index contributed by atoms with van der Waals surface area (Å²) in [4.78, 5) is 0. The third-order valence-corrected chi connectivity index (χ3v) is 2.84. The molecule has 0 aromatic carbocycles. The topological polar surface area (TPSA) is 49.9 Å². The van der Waals surface area contributed by atoms with Gasteiger partial charge >= 0.3 is 0 Å². The van der Waals surface area contributed by atoms with Crippen molar-refractivity contribution in [1.29, 1.82) is 5.41 Å². The Bertz CT molecular complexity index is 307. The number of halogens is 2. The zero-order valence-corrected chi connectivity index (χ0v) is 8.87. The second-order valence-corrected chi connectivity index (χ2v) is 3.68. The first-order chi connectivity index (χ1) is 6.60. The van der Waals surface area contributed by atoms with Crippen LogP contribution in [0.15, 0.2) is 23.0 Å². The molecule has 0 bridgehead atoms. The molecule has 1 aliphatic rings. The van der Waals surface area contributed by atoms with E-state index in [1.807, 2.05) is 0 Å². The van der Waals surface area contributed by atoms with Crippen molar-refractivity contribution in [2.45, 2.75) is 19.8 Å². The van der Waals surface area contributed by atoms with Crippen molar-refractivity contribution in [3.05, 3.63) is 23.0 Å². The number of alkyl halides is 1. The molecule has 0 radical (unpaired) electrons. The summed E-state index contributed by atoms with van der Waals surface area (Å²) < 4.78 is 13.3. The molecule has 1 unspecified atom stereocenters. The summed E-state index contributed by atoms with van der Waals surface area (Å²) in [6, 6.07) is 0. The Balaban J connectivity index is 2.86. The second-order valence-electron chi connectivity index (χ2n) is 3.41. The maximum absolute atomic E-state index is 13.3. The summed E-state index contributed by atoms with van der Waals surface area (Å²) >= 11 is 5.71. The minimum Gasteiger partial charge on any atom is -0.387 e. The average molecular weight is 217 g/mol. The van der Waals surface area contributed by atoms with Crippen molar-refractivity contribution in [3.8, 4) is 0 Å². The van der Waals surface area contributed by atoms with Gasteiger partial charge in [-0.25, -0.2) is 4.39 Å². The summed E-state index contributed by atoms with van der Waals surface area (Å²) in [5, 5.41) is 7.31. The van der Waals surface area contributed by atoms with Crippen LogP contribution in [-0.4, -0.2) is 11.7 Å². The standard InChI is InChI=1S/C10H14ClFN2/c1-2-9(12)8-4-6(10(13)14)3-7(8)5-11/h2,6H,3-5H2,1H3,(H3,13,14)/b9-2+. The molecule has 0 saturated heterocycles. The Labute approximate surface area is 88.1 Å². The van der Waals surface area contributed by atoms with Crippen LogP contribution in [-0.2, 0) is 0 Å². The Morgan fingerprint density at radius 3 is 2.79 bits per heavy atom. The second kappa shape index (κ2) is 4.60. The van der Waals surface area contributed by atoms with E-state index in [9.17, 15) is 4.39 Å². The highest BCUT2D eigenvalue weighted by Crippen LogP contribution is 2.36. The fourth-order valence-corrected chi connectivity index (χ4v) is 1.95. The van der Waals surface area contributed by atoms with Crippen LogP contribution >= 0.6 is 11.6 Å². The quantitative estimate of drug-likeness (QED) is 0.426. The van der Waals surface area contributed by atoms with Gasteiger partial charge in [0.05, 0.1) is 5.84 Å². The smallest absolute Gasteiger partial charge is 0.122 e. The van der Waals surface area contributed by atoms with Crippen molar-refractivity contribution in [1.82, 2.24) is 0 Å². The molecular weight excluding hydrogens is 203 g/mol. The molecule has 2 nitrogen and oxygen atoms in total. The van der Waals surface area contributed by atoms with Gasteiger partial charge < -0.3 is 5.73 Å². The van der Waals surface area contributed by atoms with Gasteiger partial charge in [-0.15, -0.1) is 11.6 Å². The van der Waals surface area contributed by atoms with Gasteiger partial charge in [0.1, 0.15) is 5.83 Å². The maximum Gasteiger partial charge on any atom is 0.122 e. The average Bonchev–Trinajstić information content (AvgIpc) is 2.60. The molecule has 1 aliphatic carbocycles. The number of hydrogen-bond acceptors (Lipinski definition) is 1. The normalized spacial score (nSPS) is 23.1. The molecule has 0 aliphatic heterocycles. The Morgan fingerprint density at radius 1 is 1.71 bits per heavy atom. The number of allylic oxidation sites excluding steroid dienone is 4. The molecule has 0 aromatic rings. The number of amidine groups is 1. The summed E-state index contributed by atoms with van der Waals surface area (Å²) in [6.07, 6.45) is 2.55. The highest BCUT2D eigenvalue weighted by molar-refractivity contribution is 6.19. The monoisotopic (exact) mass is 216 g/mol. The van der Waals surface area contributed by atoms with E-state index in [1.165, 1.54) is 6.08 Å². The van der Waals surface area contributed by atoms with Crippen LogP contribution in [0.2, 0.25) is 0 Å². The van der Waals surface area contributed by atoms with Crippen LogP contribution in [0.25, 0.3) is 0 Å². The van der Waals surface area contributed by atoms with E-state index < -0.39 is 0 Å². The maximum atomic E-state index is 13.3. The number of nitrogens with one attached hydrogen (secondary N) is 1. The van der Waals surface area contributed by atoms with E-state index in [0.29, 0.717) is 24.3 Å². The van der Waals surface area contributed by atoms with Crippen LogP contribution in [0.5, 0.6) is 0 Å². The minimum atomic E-state index is -0.232. The van der Waals surface area contributed by atoms with Crippen LogP contribution in [0.4, 0.5) is 4.39 Å². The molecule has 0 amide bonds. The van der Waals surface area contributed by atoms with Crippen molar-refractivity contribution in [2.75, 3.05) is 5.88 Å². The van der Waals surface area contributed by atoms with E-state index in [4.69, 9.17) is 22.7 Å². The molecule has 0 fully saturated rings. The molecule has 1 rings (SSSR count). The van der Waals surface area contributed by atoms with Crippen LogP contribution in [0, 0.1) is 11.3 Å². The lowest BCUT2D eigenvalue weighted by Gasteiger charge is -2.06. The minimum absolute atomic E-state index is 0.0653. The third-order valence-electron chi connectivity index (χ3n) is 2.51. The molecule has 1 atom stereocenters. The van der Waals surface area contributed by atoms with Crippen LogP contribution in [0.1, 0.15) is 19.8 Å². The highest BCUT2D eigenvalue weighted by atomic mass is 35.5. The van der Waals surface area contributed by atoms with Crippen LogP contribution < -0.4 is 5.73 Å². The lowest BCUT2D eigenvalue weighted by atomic mass is 10.0. The van der Waals surface area contributed by atoms with E-state index in [2.05, 4.69) is 0 Å². The fraction of sp³-hybridized carbons (Fsp3) is 0.500. The van der Waals surface area contributed by atoms with E-state index in [0.717, 1.165) is 5.57 Å². The van der Waals surface area contributed by atoms with Crippen molar-refractivity contribution in [2.24, 2.45) is 11.7 Å². The first kappa shape index (κ1) is 11.2. The van der Waals surface area contributed by atoms with Gasteiger partial charge in [-0.05, 0) is 30.9 Å². The van der Waals surface area contributed by atoms with Gasteiger partial charge in [0.25, 0.3) is 0 Å². The van der Waals surface area contributed by atoms with Gasteiger partial charge in [-0.3, -0.25) is 5.41 Å². The molecule has 78 valence electrons. The zero-order valence-electron chi connectivity index (χ0n) is 8.11. The van der Waals surface area contributed by atoms with Crippen LogP contribution in [0.3, 0.4) is 0 Å². The summed E-state index contributed by atoms with van der Waals surface area (Å²) in [6.45, 7) is 1.65. The molecule has 0 spiro atoms. The summed E-state index contributed by atoms with van der Waals surface area (Å²) in [5.74, 6) is 0.140. The molecule has 0 aromatic heterocycles. The molecule has 14 heavy (non-hydrogen) atoms. The zero-order chi connectivity index (χ0) is 10.7. The lowest BCUT2D eigenvalue weighted by Crippen LogP contribution is -2.20. The summed E-state index contributed by atoms with van der Waals surface area (Å²) in [7, 11) is 0. The van der Waals surface area contributed by atoms with E-state index in [-0.39, 0.29) is 17.6 Å². The van der Waals surface area contributed by atoms with E-state index >= 15 is 0 Å². The van der Waals surface area contributed by atoms with Crippen molar-refractivity contribution < 1.29 is 4.39 Å². The van der Waals surface area contributed by atoms with Gasteiger partial charge in [-0.1, -0.05) is 6.08 Å². The SMILES string of the molecule is C/C=C(/F)C1=C(CCl)CC(C(=N)N)C1. The Hall–Kier alpha value is -0.830. The predicted molar refractivity (Wildman–Crippen MR) is 57.2 cm³/mol. The van der Waals surface area contributed by atoms with E-state index in [1.54, 1.807) is 6.92 Å². The number of rotatable bonds is 3. The molecule has 0 heterocycles. The van der Waals surface area contributed by atoms with Gasteiger partial charge in [0.2, 0.25) is 0 Å². The molecule has 4 heteroatoms. The summed E-state index contributed by atoms with van der Waals surface area (Å²) in [5.41, 5.74) is 6.91. The highest BCUT2D eigenvalue weighted by Gasteiger charge is 2.27. The Kier molecular flexibility index (Phi) is 3.69. The largest absolute Gasteiger partial charge is 0.387 e. The van der Waals surface area contributed by atoms with Gasteiger partial charge in [0.15, 0.2) is 0 Å². The van der Waals surface area contributed by atoms with Crippen molar-refractivity contribution >= 4 is 17.4 Å². The predicted octanol–water partition coefficient (Wildman–Crippen LogP) is 2.74. The van der Waals surface area contributed by atoms with Gasteiger partial charge in [-0.2, -0.15) is 0 Å². The number of hydrogen-bond donors (Lipinski definition) is 2. The third kappa shape index (κ3) is 2.15. The lowest BCUT2D eigenvalue weighted by molar-refractivity contribution is 0.629. The van der Waals surface area contributed by atoms with Gasteiger partial charge in [0, 0.05) is 11.8 Å². The molecule has 3 N–H and O–H groups in total. The number of nitrogens with two attached hydrogens (primary N) is 1. The first-order valence-electron chi connectivity index (χ1n) is 4.53. The van der Waals surface area contributed by atoms with Crippen molar-refractivity contribution in [3.63, 3.8) is 0 Å². The first-order valence-corrected chi connectivity index (χ1v) is 5.06. The molecular formula is C10H14ClFN2.